The van der Waals surface area contributed by atoms with Crippen LogP contribution >= 0.6 is 0 Å². The van der Waals surface area contributed by atoms with Gasteiger partial charge in [0.2, 0.25) is 10.0 Å². The number of nitrogens with zero attached hydrogens (tertiary/aromatic N) is 1. The lowest BCUT2D eigenvalue weighted by atomic mass is 9.77. The topological polar surface area (TPSA) is 79.9 Å². The monoisotopic (exact) mass is 479 g/mol. The smallest absolute Gasteiger partial charge is 0.240 e. The lowest BCUT2D eigenvalue weighted by molar-refractivity contribution is -0.0153. The highest BCUT2D eigenvalue weighted by atomic mass is 32.2. The molecule has 182 valence electrons. The maximum atomic E-state index is 13.1. The minimum Gasteiger partial charge on any atom is -0.377 e. The van der Waals surface area contributed by atoms with Crippen LogP contribution in [0.1, 0.15) is 44.1 Å². The molecule has 0 aromatic heterocycles. The van der Waals surface area contributed by atoms with E-state index in [4.69, 9.17) is 9.47 Å². The number of methoxy groups -OCH3 is 1. The summed E-state index contributed by atoms with van der Waals surface area (Å²) in [7, 11) is -2.12. The van der Waals surface area contributed by atoms with Gasteiger partial charge in [0.05, 0.1) is 23.6 Å². The van der Waals surface area contributed by atoms with E-state index < -0.39 is 29.0 Å². The summed E-state index contributed by atoms with van der Waals surface area (Å²) >= 11 is 0. The van der Waals surface area contributed by atoms with Gasteiger partial charge < -0.3 is 19.7 Å². The van der Waals surface area contributed by atoms with Gasteiger partial charge in [-0.05, 0) is 67.9 Å². The van der Waals surface area contributed by atoms with Crippen LogP contribution < -0.4 is 10.0 Å². The molecular formula is C24H34FN3O4S. The third-order valence-corrected chi connectivity index (χ3v) is 8.32. The molecule has 3 aliphatic rings. The average molecular weight is 480 g/mol. The third-order valence-electron chi connectivity index (χ3n) is 6.82. The van der Waals surface area contributed by atoms with E-state index in [9.17, 15) is 12.8 Å². The Morgan fingerprint density at radius 2 is 2.00 bits per heavy atom. The number of nitrogens with one attached hydrogen (secondary N) is 2. The number of hydrogen-bond acceptors (Lipinski definition) is 6. The number of benzene rings is 1. The Balaban J connectivity index is 1.40. The summed E-state index contributed by atoms with van der Waals surface area (Å²) in [4.78, 5) is 2.48. The predicted molar refractivity (Wildman–Crippen MR) is 125 cm³/mol. The van der Waals surface area contributed by atoms with E-state index >= 15 is 0 Å². The normalized spacial score (nSPS) is 27.5. The van der Waals surface area contributed by atoms with Crippen LogP contribution in [0.4, 0.5) is 4.39 Å². The molecular weight excluding hydrogens is 445 g/mol. The summed E-state index contributed by atoms with van der Waals surface area (Å²) in [5, 5.41) is 3.35. The van der Waals surface area contributed by atoms with Crippen molar-refractivity contribution in [3.63, 3.8) is 0 Å². The third kappa shape index (κ3) is 5.59. The molecule has 0 radical (unpaired) electrons. The molecule has 7 nitrogen and oxygen atoms in total. The molecule has 1 aromatic carbocycles. The first-order valence-electron chi connectivity index (χ1n) is 11.7. The maximum Gasteiger partial charge on any atom is 0.240 e. The van der Waals surface area contributed by atoms with Crippen LogP contribution in [-0.2, 0) is 19.5 Å². The van der Waals surface area contributed by atoms with Crippen LogP contribution in [0.5, 0.6) is 0 Å². The molecule has 2 heterocycles. The first kappa shape index (κ1) is 24.2. The second kappa shape index (κ2) is 10.5. The molecule has 2 unspecified atom stereocenters. The van der Waals surface area contributed by atoms with E-state index in [1.807, 2.05) is 12.1 Å². The molecule has 2 aliphatic heterocycles. The fourth-order valence-corrected chi connectivity index (χ4v) is 5.97. The number of allylic oxidation sites excluding steroid dienone is 1. The number of halogens is 1. The van der Waals surface area contributed by atoms with Gasteiger partial charge in [-0.2, -0.15) is 0 Å². The Kier molecular flexibility index (Phi) is 7.73. The Bertz CT molecular complexity index is 974. The van der Waals surface area contributed by atoms with Gasteiger partial charge in [-0.15, -0.1) is 0 Å². The highest BCUT2D eigenvalue weighted by molar-refractivity contribution is 7.89. The molecule has 0 saturated heterocycles. The molecule has 1 fully saturated rings. The Labute approximate surface area is 196 Å². The molecule has 4 rings (SSSR count). The summed E-state index contributed by atoms with van der Waals surface area (Å²) in [5.74, 6) is 0.330. The van der Waals surface area contributed by atoms with Crippen molar-refractivity contribution in [2.75, 3.05) is 33.5 Å². The van der Waals surface area contributed by atoms with E-state index in [1.54, 1.807) is 19.2 Å². The first-order chi connectivity index (χ1) is 15.9. The lowest BCUT2D eigenvalue weighted by Crippen LogP contribution is -2.53. The van der Waals surface area contributed by atoms with Gasteiger partial charge in [0, 0.05) is 32.1 Å². The van der Waals surface area contributed by atoms with Crippen molar-refractivity contribution in [2.45, 2.75) is 61.8 Å². The Morgan fingerprint density at radius 1 is 1.24 bits per heavy atom. The van der Waals surface area contributed by atoms with Gasteiger partial charge in [0.15, 0.2) is 0 Å². The highest BCUT2D eigenvalue weighted by Gasteiger charge is 2.34. The second-order valence-electron chi connectivity index (χ2n) is 8.86. The van der Waals surface area contributed by atoms with Crippen LogP contribution in [-0.4, -0.2) is 65.2 Å². The number of sulfonamides is 1. The number of rotatable bonds is 9. The first-order valence-corrected chi connectivity index (χ1v) is 13.1. The van der Waals surface area contributed by atoms with Crippen molar-refractivity contribution in [3.05, 3.63) is 53.4 Å². The molecule has 2 atom stereocenters. The molecule has 0 amide bonds. The molecule has 1 aromatic rings. The zero-order valence-electron chi connectivity index (χ0n) is 19.3. The van der Waals surface area contributed by atoms with Gasteiger partial charge in [0.1, 0.15) is 12.9 Å². The van der Waals surface area contributed by atoms with Crippen LogP contribution in [0.25, 0.3) is 0 Å². The van der Waals surface area contributed by atoms with E-state index in [0.29, 0.717) is 12.3 Å². The van der Waals surface area contributed by atoms with Gasteiger partial charge in [0.25, 0.3) is 0 Å². The van der Waals surface area contributed by atoms with Crippen LogP contribution in [0.2, 0.25) is 0 Å². The van der Waals surface area contributed by atoms with E-state index in [-0.39, 0.29) is 17.6 Å². The lowest BCUT2D eigenvalue weighted by Gasteiger charge is -2.35. The Morgan fingerprint density at radius 3 is 2.67 bits per heavy atom. The molecule has 33 heavy (non-hydrogen) atoms. The highest BCUT2D eigenvalue weighted by Crippen LogP contribution is 2.39. The molecule has 2 N–H and O–H groups in total. The van der Waals surface area contributed by atoms with Gasteiger partial charge in [-0.1, -0.05) is 12.1 Å². The number of ether oxygens (including phenoxy) is 2. The second-order valence-corrected chi connectivity index (χ2v) is 10.6. The van der Waals surface area contributed by atoms with Crippen molar-refractivity contribution in [1.29, 1.82) is 0 Å². The SMILES string of the molecule is CCN1C=CC2=C(CC1)CC(NS(=O)(=O)c1ccc(C3CC(OCCF)C3)cc1)C(OC)N2. The van der Waals surface area contributed by atoms with Crippen molar-refractivity contribution >= 4 is 10.0 Å². The summed E-state index contributed by atoms with van der Waals surface area (Å²) < 4.78 is 52.3. The van der Waals surface area contributed by atoms with Crippen molar-refractivity contribution < 1.29 is 22.3 Å². The predicted octanol–water partition coefficient (Wildman–Crippen LogP) is 3.02. The zero-order valence-corrected chi connectivity index (χ0v) is 20.1. The minimum absolute atomic E-state index is 0.100. The maximum absolute atomic E-state index is 13.1. The van der Waals surface area contributed by atoms with Crippen molar-refractivity contribution in [3.8, 4) is 0 Å². The number of hydrogen-bond donors (Lipinski definition) is 2. The van der Waals surface area contributed by atoms with Crippen molar-refractivity contribution in [2.24, 2.45) is 0 Å². The standard InChI is InChI=1S/C24H34FN3O4S/c1-3-28-11-8-18-16-23(24(31-2)26-22(18)9-12-28)27-33(29,30)21-6-4-17(5-7-21)19-14-20(15-19)32-13-10-25/h4-7,9,12,19-20,23-24,26-27H,3,8,10-11,13-16H2,1-2H3. The largest absolute Gasteiger partial charge is 0.377 e. The molecule has 0 spiro atoms. The fraction of sp³-hybridized carbons (Fsp3) is 0.583. The van der Waals surface area contributed by atoms with E-state index in [0.717, 1.165) is 43.6 Å². The number of alkyl halides is 1. The average Bonchev–Trinajstić information content (AvgIpc) is 2.99. The van der Waals surface area contributed by atoms with Gasteiger partial charge in [-0.25, -0.2) is 17.5 Å². The van der Waals surface area contributed by atoms with E-state index in [1.165, 1.54) is 5.57 Å². The summed E-state index contributed by atoms with van der Waals surface area (Å²) in [6.07, 6.45) is 6.94. The Hall–Kier alpha value is -1.94. The zero-order chi connectivity index (χ0) is 23.4. The van der Waals surface area contributed by atoms with Crippen LogP contribution in [0.15, 0.2) is 52.7 Å². The summed E-state index contributed by atoms with van der Waals surface area (Å²) in [6.45, 7) is 3.64. The van der Waals surface area contributed by atoms with Crippen LogP contribution in [0.3, 0.4) is 0 Å². The fourth-order valence-electron chi connectivity index (χ4n) is 4.74. The van der Waals surface area contributed by atoms with Crippen LogP contribution in [0, 0.1) is 0 Å². The van der Waals surface area contributed by atoms with E-state index in [2.05, 4.69) is 34.1 Å². The molecule has 9 heteroatoms. The van der Waals surface area contributed by atoms with Gasteiger partial charge >= 0.3 is 0 Å². The summed E-state index contributed by atoms with van der Waals surface area (Å²) in [5.41, 5.74) is 3.31. The van der Waals surface area contributed by atoms with Gasteiger partial charge in [-0.3, -0.25) is 0 Å². The minimum atomic E-state index is -3.71. The van der Waals surface area contributed by atoms with Crippen molar-refractivity contribution in [1.82, 2.24) is 14.9 Å². The summed E-state index contributed by atoms with van der Waals surface area (Å²) in [6, 6.07) is 6.65. The quantitative estimate of drug-likeness (QED) is 0.567. The molecule has 1 saturated carbocycles. The molecule has 0 bridgehead atoms. The molecule has 1 aliphatic carbocycles.